The lowest BCUT2D eigenvalue weighted by Crippen LogP contribution is -2.38. The van der Waals surface area contributed by atoms with Crippen LogP contribution in [-0.4, -0.2) is 28.6 Å². The Morgan fingerprint density at radius 3 is 2.43 bits per heavy atom. The van der Waals surface area contributed by atoms with E-state index in [0.717, 1.165) is 59.2 Å². The van der Waals surface area contributed by atoms with Crippen LogP contribution in [0, 0.1) is 20.2 Å². The van der Waals surface area contributed by atoms with Gasteiger partial charge in [0.2, 0.25) is 5.75 Å². The molecule has 0 saturated heterocycles. The molecule has 0 amide bonds. The van der Waals surface area contributed by atoms with E-state index >= 15 is 0 Å². The summed E-state index contributed by atoms with van der Waals surface area (Å²) in [5, 5.41) is 22.9. The molecule has 2 aliphatic rings. The Kier molecular flexibility index (Phi) is 8.34. The van der Waals surface area contributed by atoms with Crippen LogP contribution in [0.2, 0.25) is 0 Å². The summed E-state index contributed by atoms with van der Waals surface area (Å²) < 4.78 is 19.4. The molecule has 49 heavy (non-hydrogen) atoms. The first-order valence-corrected chi connectivity index (χ1v) is 16.5. The average molecular weight is 742 g/mol. The molecule has 7 rings (SSSR count). The highest BCUT2D eigenvalue weighted by atomic mass is 79.9. The first kappa shape index (κ1) is 32.0. The van der Waals surface area contributed by atoms with Gasteiger partial charge in [0.1, 0.15) is 5.75 Å². The van der Waals surface area contributed by atoms with Gasteiger partial charge in [0.15, 0.2) is 16.3 Å². The predicted octanol–water partition coefficient (Wildman–Crippen LogP) is 6.71. The first-order valence-electron chi connectivity index (χ1n) is 14.9. The van der Waals surface area contributed by atoms with Gasteiger partial charge in [-0.3, -0.25) is 29.6 Å². The molecule has 2 heterocycles. The molecule has 0 N–H and O–H groups in total. The molecule has 0 bridgehead atoms. The Balaban J connectivity index is 1.34. The summed E-state index contributed by atoms with van der Waals surface area (Å²) in [6.07, 6.45) is 3.33. The molecule has 4 aromatic carbocycles. The number of methoxy groups -OCH3 is 2. The number of rotatable bonds is 8. The second-order valence-electron chi connectivity index (χ2n) is 11.2. The zero-order valence-electron chi connectivity index (χ0n) is 25.9. The van der Waals surface area contributed by atoms with E-state index in [1.165, 1.54) is 24.0 Å². The molecule has 5 aromatic rings. The van der Waals surface area contributed by atoms with E-state index < -0.39 is 21.2 Å². The van der Waals surface area contributed by atoms with Gasteiger partial charge in [-0.05, 0) is 87.4 Å². The van der Waals surface area contributed by atoms with Crippen molar-refractivity contribution in [3.05, 3.63) is 151 Å². The number of nitro benzene ring substituents is 2. The smallest absolute Gasteiger partial charge is 0.318 e. The SMILES string of the molecule is COc1ccc([C@@H]2C3=C(N=c4s/c(=C/c5cc(Br)c(Oc6ccc([N+](=O)[O-])cc6[N+](=O)[O-])c(OC)c5)c(=O)n42)c2ccccc2CC3)cc1. The van der Waals surface area contributed by atoms with Gasteiger partial charge in [-0.15, -0.1) is 0 Å². The lowest BCUT2D eigenvalue weighted by molar-refractivity contribution is -0.394. The number of nitrogens with zero attached hydrogens (tertiary/aromatic N) is 4. The molecule has 1 atom stereocenters. The van der Waals surface area contributed by atoms with Crippen molar-refractivity contribution in [3.8, 4) is 23.0 Å². The maximum atomic E-state index is 14.2. The number of halogens is 1. The minimum absolute atomic E-state index is 0.115. The van der Waals surface area contributed by atoms with Crippen LogP contribution in [0.1, 0.15) is 34.7 Å². The number of hydrogen-bond acceptors (Lipinski definition) is 10. The first-order chi connectivity index (χ1) is 23.7. The lowest BCUT2D eigenvalue weighted by atomic mass is 9.83. The van der Waals surface area contributed by atoms with Gasteiger partial charge in [-0.25, -0.2) is 4.99 Å². The third-order valence-corrected chi connectivity index (χ3v) is 9.99. The number of allylic oxidation sites excluding steroid dienone is 1. The molecule has 246 valence electrons. The van der Waals surface area contributed by atoms with Gasteiger partial charge in [-0.1, -0.05) is 47.7 Å². The maximum Gasteiger partial charge on any atom is 0.318 e. The molecule has 0 radical (unpaired) electrons. The van der Waals surface area contributed by atoms with E-state index in [9.17, 15) is 25.0 Å². The van der Waals surface area contributed by atoms with E-state index in [1.54, 1.807) is 29.9 Å². The molecule has 0 saturated carbocycles. The van der Waals surface area contributed by atoms with Gasteiger partial charge in [0.25, 0.3) is 11.2 Å². The Labute approximate surface area is 290 Å². The minimum Gasteiger partial charge on any atom is -0.497 e. The number of hydrogen-bond donors (Lipinski definition) is 0. The Hall–Kier alpha value is -5.60. The van der Waals surface area contributed by atoms with Crippen molar-refractivity contribution in [3.63, 3.8) is 0 Å². The van der Waals surface area contributed by atoms with E-state index in [-0.39, 0.29) is 28.8 Å². The van der Waals surface area contributed by atoms with Gasteiger partial charge in [0, 0.05) is 11.6 Å². The zero-order chi connectivity index (χ0) is 34.4. The molecule has 12 nitrogen and oxygen atoms in total. The van der Waals surface area contributed by atoms with Crippen LogP contribution in [-0.2, 0) is 6.42 Å². The van der Waals surface area contributed by atoms with Gasteiger partial charge < -0.3 is 14.2 Å². The number of aromatic nitrogens is 1. The highest BCUT2D eigenvalue weighted by Crippen LogP contribution is 2.44. The van der Waals surface area contributed by atoms with Gasteiger partial charge in [-0.2, -0.15) is 0 Å². The predicted molar refractivity (Wildman–Crippen MR) is 186 cm³/mol. The van der Waals surface area contributed by atoms with Crippen molar-refractivity contribution >= 4 is 50.4 Å². The second kappa shape index (κ2) is 12.8. The Morgan fingerprint density at radius 1 is 0.939 bits per heavy atom. The summed E-state index contributed by atoms with van der Waals surface area (Å²) in [4.78, 5) is 41.2. The van der Waals surface area contributed by atoms with Crippen LogP contribution in [0.4, 0.5) is 11.4 Å². The average Bonchev–Trinajstić information content (AvgIpc) is 3.41. The summed E-state index contributed by atoms with van der Waals surface area (Å²) >= 11 is 4.75. The summed E-state index contributed by atoms with van der Waals surface area (Å²) in [6.45, 7) is 0. The highest BCUT2D eigenvalue weighted by molar-refractivity contribution is 9.10. The third-order valence-electron chi connectivity index (χ3n) is 8.42. The lowest BCUT2D eigenvalue weighted by Gasteiger charge is -2.30. The van der Waals surface area contributed by atoms with Crippen LogP contribution < -0.4 is 29.1 Å². The zero-order valence-corrected chi connectivity index (χ0v) is 28.3. The molecular weight excluding hydrogens is 716 g/mol. The van der Waals surface area contributed by atoms with E-state index in [4.69, 9.17) is 19.2 Å². The molecular formula is C35H25BrN4O8S. The Bertz CT molecular complexity index is 2400. The van der Waals surface area contributed by atoms with Crippen molar-refractivity contribution in [1.82, 2.24) is 4.57 Å². The van der Waals surface area contributed by atoms with Crippen molar-refractivity contribution in [2.45, 2.75) is 18.9 Å². The monoisotopic (exact) mass is 740 g/mol. The number of ether oxygens (including phenoxy) is 3. The third kappa shape index (κ3) is 5.78. The normalized spacial score (nSPS) is 15.1. The van der Waals surface area contributed by atoms with Gasteiger partial charge in [0.05, 0.1) is 50.9 Å². The maximum absolute atomic E-state index is 14.2. The number of non-ortho nitro benzene ring substituents is 1. The fourth-order valence-corrected chi connectivity index (χ4v) is 7.68. The quantitative estimate of drug-likeness (QED) is 0.126. The van der Waals surface area contributed by atoms with Crippen LogP contribution in [0.25, 0.3) is 11.8 Å². The van der Waals surface area contributed by atoms with Crippen molar-refractivity contribution < 1.29 is 24.1 Å². The van der Waals surface area contributed by atoms with Crippen LogP contribution in [0.3, 0.4) is 0 Å². The van der Waals surface area contributed by atoms with E-state index in [1.807, 2.05) is 36.4 Å². The van der Waals surface area contributed by atoms with Crippen molar-refractivity contribution in [2.24, 2.45) is 4.99 Å². The van der Waals surface area contributed by atoms with Crippen LogP contribution >= 0.6 is 27.3 Å². The number of thiazole rings is 1. The number of aryl methyl sites for hydroxylation is 1. The molecule has 1 aliphatic carbocycles. The second-order valence-corrected chi connectivity index (χ2v) is 13.1. The molecule has 0 spiro atoms. The summed E-state index contributed by atoms with van der Waals surface area (Å²) in [6, 6.07) is 22.0. The summed E-state index contributed by atoms with van der Waals surface area (Å²) in [7, 11) is 3.02. The van der Waals surface area contributed by atoms with Gasteiger partial charge >= 0.3 is 5.69 Å². The van der Waals surface area contributed by atoms with E-state index in [2.05, 4.69) is 28.1 Å². The molecule has 14 heteroatoms. The largest absolute Gasteiger partial charge is 0.497 e. The fraction of sp³-hybridized carbons (Fsp3) is 0.143. The minimum atomic E-state index is -0.758. The summed E-state index contributed by atoms with van der Waals surface area (Å²) in [5.41, 5.74) is 4.57. The highest BCUT2D eigenvalue weighted by Gasteiger charge is 2.32. The van der Waals surface area contributed by atoms with Crippen molar-refractivity contribution in [1.29, 1.82) is 0 Å². The topological polar surface area (TPSA) is 148 Å². The standard InChI is InChI=1S/C35H25BrN4O8S/c1-46-23-11-7-21(8-12-23)32-25-13-9-20-5-3-4-6-24(20)31(25)37-35-38(32)34(41)30(49-35)17-19-15-26(36)33(29(16-19)47-2)48-28-14-10-22(39(42)43)18-27(28)40(44)45/h3-8,10-12,14-18,32H,9,13H2,1-2H3/b30-17+/t32-/m1/s1. The Morgan fingerprint density at radius 2 is 1.71 bits per heavy atom. The molecule has 1 aliphatic heterocycles. The van der Waals surface area contributed by atoms with E-state index in [0.29, 0.717) is 19.4 Å². The van der Waals surface area contributed by atoms with Crippen LogP contribution in [0.15, 0.2) is 98.7 Å². The molecule has 0 fully saturated rings. The fourth-order valence-electron chi connectivity index (χ4n) is 6.14. The number of benzene rings is 4. The number of fused-ring (bicyclic) bond motifs is 3. The molecule has 1 aromatic heterocycles. The summed E-state index contributed by atoms with van der Waals surface area (Å²) in [5.74, 6) is 0.836. The number of nitro groups is 2. The van der Waals surface area contributed by atoms with Crippen LogP contribution in [0.5, 0.6) is 23.0 Å². The molecule has 0 unspecified atom stereocenters. The van der Waals surface area contributed by atoms with Crippen molar-refractivity contribution in [2.75, 3.05) is 14.2 Å².